The Morgan fingerprint density at radius 2 is 1.70 bits per heavy atom. The second-order valence-corrected chi connectivity index (χ2v) is 10.0. The van der Waals surface area contributed by atoms with Crippen LogP contribution in [0.3, 0.4) is 0 Å². The number of amides is 2. The number of methoxy groups -OCH3 is 3. The molecule has 5 atom stereocenters. The van der Waals surface area contributed by atoms with E-state index in [-0.39, 0.29) is 28.3 Å². The molecule has 2 N–H and O–H groups in total. The van der Waals surface area contributed by atoms with E-state index in [4.69, 9.17) is 14.2 Å². The van der Waals surface area contributed by atoms with Crippen LogP contribution < -0.4 is 19.7 Å². The summed E-state index contributed by atoms with van der Waals surface area (Å²) in [5.41, 5.74) is -1.04. The van der Waals surface area contributed by atoms with E-state index in [1.807, 2.05) is 0 Å². The number of hydrogen-bond acceptors (Lipinski definition) is 9. The number of carbonyl (C=O) groups excluding carboxylic acids is 4. The van der Waals surface area contributed by atoms with Gasteiger partial charge in [-0.2, -0.15) is 0 Å². The predicted octanol–water partition coefficient (Wildman–Crippen LogP) is 3.01. The molecule has 2 saturated heterocycles. The Bertz CT molecular complexity index is 1390. The maximum atomic E-state index is 14.1. The van der Waals surface area contributed by atoms with E-state index in [1.165, 1.54) is 64.7 Å². The molecule has 40 heavy (non-hydrogen) atoms. The minimum Gasteiger partial charge on any atom is -0.497 e. The van der Waals surface area contributed by atoms with Gasteiger partial charge in [-0.25, -0.2) is 9.69 Å². The summed E-state index contributed by atoms with van der Waals surface area (Å²) in [5, 5.41) is 13.8. The summed E-state index contributed by atoms with van der Waals surface area (Å²) < 4.78 is 15.9. The fourth-order valence-corrected chi connectivity index (χ4v) is 5.95. The Morgan fingerprint density at radius 3 is 2.20 bits per heavy atom. The standard InChI is InChI=1S/C29H32N2O9/c1-7-14(2)29(28(36)37)23-22(25(33)31(26(23)34)17-10-8-16(9-11-17)15(3)32)24(30-29)19-12-18(38-4)13-20(39-5)21(19)27(35)40-6/h8-14,22-24,30H,7H2,1-6H3,(H,36,37). The lowest BCUT2D eigenvalue weighted by molar-refractivity contribution is -0.151. The quantitative estimate of drug-likeness (QED) is 0.270. The zero-order valence-corrected chi connectivity index (χ0v) is 23.1. The lowest BCUT2D eigenvalue weighted by atomic mass is 9.71. The van der Waals surface area contributed by atoms with Gasteiger partial charge in [0, 0.05) is 17.7 Å². The van der Waals surface area contributed by atoms with Crippen molar-refractivity contribution < 1.29 is 43.3 Å². The van der Waals surface area contributed by atoms with E-state index < -0.39 is 53.1 Å². The van der Waals surface area contributed by atoms with Gasteiger partial charge in [0.1, 0.15) is 22.6 Å². The van der Waals surface area contributed by atoms with Gasteiger partial charge in [-0.1, -0.05) is 20.3 Å². The van der Waals surface area contributed by atoms with Crippen LogP contribution in [0, 0.1) is 17.8 Å². The van der Waals surface area contributed by atoms with Gasteiger partial charge in [-0.15, -0.1) is 0 Å². The number of rotatable bonds is 9. The number of anilines is 1. The molecule has 4 rings (SSSR count). The fourth-order valence-electron chi connectivity index (χ4n) is 5.95. The first kappa shape index (κ1) is 28.8. The van der Waals surface area contributed by atoms with Crippen LogP contribution in [0.5, 0.6) is 11.5 Å². The van der Waals surface area contributed by atoms with Gasteiger partial charge in [0.25, 0.3) is 0 Å². The number of carbonyl (C=O) groups is 5. The van der Waals surface area contributed by atoms with Crippen molar-refractivity contribution in [1.82, 2.24) is 5.32 Å². The third-order valence-electron chi connectivity index (χ3n) is 8.16. The van der Waals surface area contributed by atoms with Gasteiger partial charge >= 0.3 is 11.9 Å². The molecule has 2 heterocycles. The van der Waals surface area contributed by atoms with Gasteiger partial charge in [0.2, 0.25) is 11.8 Å². The third kappa shape index (κ3) is 4.21. The maximum absolute atomic E-state index is 14.1. The number of nitrogens with one attached hydrogen (secondary N) is 1. The number of Topliss-reactive ketones (excluding diaryl/α,β-unsaturated/α-hetero) is 1. The first-order valence-corrected chi connectivity index (χ1v) is 12.8. The maximum Gasteiger partial charge on any atom is 0.341 e. The van der Waals surface area contributed by atoms with Crippen LogP contribution >= 0.6 is 0 Å². The highest BCUT2D eigenvalue weighted by molar-refractivity contribution is 6.24. The summed E-state index contributed by atoms with van der Waals surface area (Å²) in [7, 11) is 3.96. The van der Waals surface area contributed by atoms with Crippen LogP contribution in [0.2, 0.25) is 0 Å². The smallest absolute Gasteiger partial charge is 0.341 e. The average molecular weight is 553 g/mol. The molecule has 2 amide bonds. The van der Waals surface area contributed by atoms with Crippen LogP contribution in [0.25, 0.3) is 0 Å². The Kier molecular flexibility index (Phi) is 7.71. The van der Waals surface area contributed by atoms with Gasteiger partial charge in [0.05, 0.1) is 38.9 Å². The number of hydrogen-bond donors (Lipinski definition) is 2. The van der Waals surface area contributed by atoms with Crippen molar-refractivity contribution in [2.24, 2.45) is 17.8 Å². The highest BCUT2D eigenvalue weighted by Gasteiger charge is 2.70. The number of ether oxygens (including phenoxy) is 3. The molecule has 212 valence electrons. The summed E-state index contributed by atoms with van der Waals surface area (Å²) >= 11 is 0. The summed E-state index contributed by atoms with van der Waals surface area (Å²) in [6, 6.07) is 7.87. The molecule has 0 aromatic heterocycles. The van der Waals surface area contributed by atoms with E-state index in [0.29, 0.717) is 17.7 Å². The van der Waals surface area contributed by atoms with Crippen LogP contribution in [0.15, 0.2) is 36.4 Å². The number of ketones is 1. The van der Waals surface area contributed by atoms with Crippen LogP contribution in [-0.2, 0) is 19.1 Å². The largest absolute Gasteiger partial charge is 0.497 e. The predicted molar refractivity (Wildman–Crippen MR) is 143 cm³/mol. The topological polar surface area (TPSA) is 149 Å². The molecule has 11 nitrogen and oxygen atoms in total. The lowest BCUT2D eigenvalue weighted by Gasteiger charge is -2.36. The van der Waals surface area contributed by atoms with E-state index in [9.17, 15) is 29.1 Å². The molecule has 2 aliphatic heterocycles. The zero-order chi connectivity index (χ0) is 29.5. The van der Waals surface area contributed by atoms with Crippen LogP contribution in [0.4, 0.5) is 5.69 Å². The third-order valence-corrected chi connectivity index (χ3v) is 8.16. The van der Waals surface area contributed by atoms with E-state index in [0.717, 1.165) is 4.90 Å². The number of nitrogens with zero attached hydrogens (tertiary/aromatic N) is 1. The second-order valence-electron chi connectivity index (χ2n) is 10.0. The summed E-state index contributed by atoms with van der Waals surface area (Å²) in [6.07, 6.45) is 0.384. The number of aliphatic carboxylic acids is 1. The normalized spacial score (nSPS) is 24.4. The van der Waals surface area contributed by atoms with Crippen molar-refractivity contribution in [2.75, 3.05) is 26.2 Å². The molecular formula is C29H32N2O9. The Balaban J connectivity index is 1.98. The number of carboxylic acids is 1. The SMILES string of the molecule is CCC(C)C1(C(=O)O)NC(c2cc(OC)cc(OC)c2C(=O)OC)C2C(=O)N(c3ccc(C(C)=O)cc3)C(=O)C21. The minimum atomic E-state index is -1.84. The van der Waals surface area contributed by atoms with E-state index >= 15 is 0 Å². The molecule has 0 radical (unpaired) electrons. The highest BCUT2D eigenvalue weighted by Crippen LogP contribution is 2.54. The molecule has 2 aromatic carbocycles. The van der Waals surface area contributed by atoms with Crippen LogP contribution in [0.1, 0.15) is 59.5 Å². The molecule has 2 fully saturated rings. The number of benzene rings is 2. The van der Waals surface area contributed by atoms with Crippen molar-refractivity contribution in [3.8, 4) is 11.5 Å². The van der Waals surface area contributed by atoms with Crippen molar-refractivity contribution in [2.45, 2.75) is 38.8 Å². The van der Waals surface area contributed by atoms with E-state index in [1.54, 1.807) is 13.8 Å². The molecule has 0 bridgehead atoms. The zero-order valence-electron chi connectivity index (χ0n) is 23.1. The molecule has 2 aliphatic rings. The van der Waals surface area contributed by atoms with Gasteiger partial charge < -0.3 is 19.3 Å². The first-order valence-electron chi connectivity index (χ1n) is 12.8. The fraction of sp³-hybridized carbons (Fsp3) is 0.414. The van der Waals surface area contributed by atoms with Gasteiger partial charge in [-0.3, -0.25) is 24.5 Å². The number of carboxylic acid groups (broad SMARTS) is 1. The Morgan fingerprint density at radius 1 is 1.05 bits per heavy atom. The monoisotopic (exact) mass is 552 g/mol. The molecule has 0 spiro atoms. The lowest BCUT2D eigenvalue weighted by Crippen LogP contribution is -2.59. The van der Waals surface area contributed by atoms with Gasteiger partial charge in [0.15, 0.2) is 5.78 Å². The molecule has 0 saturated carbocycles. The van der Waals surface area contributed by atoms with Crippen molar-refractivity contribution in [3.63, 3.8) is 0 Å². The Hall–Kier alpha value is -4.25. The molecular weight excluding hydrogens is 520 g/mol. The molecule has 5 unspecified atom stereocenters. The first-order chi connectivity index (χ1) is 19.0. The minimum absolute atomic E-state index is 0.0168. The average Bonchev–Trinajstić information content (AvgIpc) is 3.45. The second kappa shape index (κ2) is 10.7. The van der Waals surface area contributed by atoms with Crippen molar-refractivity contribution in [1.29, 1.82) is 0 Å². The van der Waals surface area contributed by atoms with Gasteiger partial charge in [-0.05, 0) is 48.7 Å². The molecule has 0 aliphatic carbocycles. The molecule has 11 heteroatoms. The summed E-state index contributed by atoms with van der Waals surface area (Å²) in [5.74, 6) is -6.24. The van der Waals surface area contributed by atoms with Crippen molar-refractivity contribution >= 4 is 35.2 Å². The Labute approximate surface area is 231 Å². The summed E-state index contributed by atoms with van der Waals surface area (Å²) in [6.45, 7) is 4.90. The van der Waals surface area contributed by atoms with Crippen molar-refractivity contribution in [3.05, 3.63) is 53.1 Å². The number of esters is 1. The van der Waals surface area contributed by atoms with Crippen LogP contribution in [-0.4, -0.2) is 61.5 Å². The number of fused-ring (bicyclic) bond motifs is 1. The van der Waals surface area contributed by atoms with E-state index in [2.05, 4.69) is 5.32 Å². The summed E-state index contributed by atoms with van der Waals surface area (Å²) in [4.78, 5) is 66.9. The molecule has 2 aromatic rings. The number of imide groups is 1. The highest BCUT2D eigenvalue weighted by atomic mass is 16.5.